The first-order chi connectivity index (χ1) is 13.3. The Labute approximate surface area is 178 Å². The fourth-order valence-corrected chi connectivity index (χ4v) is 5.58. The van der Waals surface area contributed by atoms with Crippen molar-refractivity contribution in [1.82, 2.24) is 14.7 Å². The number of rotatable bonds is 9. The molecule has 0 radical (unpaired) electrons. The lowest BCUT2D eigenvalue weighted by Crippen LogP contribution is -2.56. The number of nitrogens with zero attached hydrogens (tertiary/aromatic N) is 3. The molecule has 28 heavy (non-hydrogen) atoms. The van der Waals surface area contributed by atoms with E-state index in [-0.39, 0.29) is 0 Å². The maximum absolute atomic E-state index is 2.78. The molecule has 0 aliphatic carbocycles. The second-order valence-electron chi connectivity index (χ2n) is 10.3. The number of piperazine rings is 1. The monoisotopic (exact) mass is 395 g/mol. The van der Waals surface area contributed by atoms with Crippen molar-refractivity contribution < 1.29 is 0 Å². The quantitative estimate of drug-likeness (QED) is 0.492. The van der Waals surface area contributed by atoms with Crippen molar-refractivity contribution in [3.8, 4) is 0 Å². The molecule has 0 atom stereocenters. The Morgan fingerprint density at radius 3 is 1.75 bits per heavy atom. The maximum Gasteiger partial charge on any atom is 0.0159 e. The van der Waals surface area contributed by atoms with Crippen LogP contribution in [0.25, 0.3) is 0 Å². The van der Waals surface area contributed by atoms with E-state index in [0.29, 0.717) is 11.0 Å². The molecule has 2 heterocycles. The predicted octanol–water partition coefficient (Wildman–Crippen LogP) is 5.75. The van der Waals surface area contributed by atoms with Crippen molar-refractivity contribution >= 4 is 0 Å². The third-order valence-corrected chi connectivity index (χ3v) is 7.18. The second-order valence-corrected chi connectivity index (χ2v) is 10.3. The fraction of sp³-hybridized carbons (Fsp3) is 1.00. The van der Waals surface area contributed by atoms with Crippen molar-refractivity contribution in [3.05, 3.63) is 0 Å². The standard InChI is InChI=1S/C23H47N3.C2H6/c1-7-9-13-25-16-18-26(19-17-25)23(5,6)20-22(3,4)21-10-14-24(12-8-2)15-11-21;1-2/h21H,7-20H2,1-6H3;1-2H3. The Morgan fingerprint density at radius 1 is 0.714 bits per heavy atom. The third kappa shape index (κ3) is 7.95. The number of piperidine rings is 1. The van der Waals surface area contributed by atoms with Crippen LogP contribution in [0, 0.1) is 11.3 Å². The van der Waals surface area contributed by atoms with E-state index in [0.717, 1.165) is 5.92 Å². The summed E-state index contributed by atoms with van der Waals surface area (Å²) in [6.45, 7) is 29.0. The highest BCUT2D eigenvalue weighted by Gasteiger charge is 2.39. The van der Waals surface area contributed by atoms with Crippen molar-refractivity contribution in [2.45, 2.75) is 99.5 Å². The highest BCUT2D eigenvalue weighted by molar-refractivity contribution is 4.94. The highest BCUT2D eigenvalue weighted by Crippen LogP contribution is 2.42. The minimum absolute atomic E-state index is 0.320. The van der Waals surface area contributed by atoms with Crippen LogP contribution in [0.15, 0.2) is 0 Å². The summed E-state index contributed by atoms with van der Waals surface area (Å²) in [6, 6.07) is 0. The smallest absolute Gasteiger partial charge is 0.0159 e. The summed E-state index contributed by atoms with van der Waals surface area (Å²) in [5.74, 6) is 0.890. The van der Waals surface area contributed by atoms with Gasteiger partial charge in [-0.1, -0.05) is 48.0 Å². The number of hydrogen-bond acceptors (Lipinski definition) is 3. The van der Waals surface area contributed by atoms with Crippen LogP contribution in [0.2, 0.25) is 0 Å². The van der Waals surface area contributed by atoms with Crippen molar-refractivity contribution in [2.24, 2.45) is 11.3 Å². The summed E-state index contributed by atoms with van der Waals surface area (Å²) in [4.78, 5) is 8.13. The van der Waals surface area contributed by atoms with Gasteiger partial charge in [-0.2, -0.15) is 0 Å². The molecule has 0 unspecified atom stereocenters. The molecule has 2 rings (SSSR count). The van der Waals surface area contributed by atoms with Crippen LogP contribution >= 0.6 is 0 Å². The van der Waals surface area contributed by atoms with Crippen LogP contribution < -0.4 is 0 Å². The molecule has 3 heteroatoms. The first-order valence-corrected chi connectivity index (χ1v) is 12.5. The minimum atomic E-state index is 0.320. The Bertz CT molecular complexity index is 389. The number of hydrogen-bond donors (Lipinski definition) is 0. The van der Waals surface area contributed by atoms with Gasteiger partial charge in [-0.25, -0.2) is 0 Å². The first-order valence-electron chi connectivity index (χ1n) is 12.5. The summed E-state index contributed by atoms with van der Waals surface area (Å²) in [7, 11) is 0. The summed E-state index contributed by atoms with van der Waals surface area (Å²) in [5, 5.41) is 0. The Kier molecular flexibility index (Phi) is 11.6. The highest BCUT2D eigenvalue weighted by atomic mass is 15.3. The van der Waals surface area contributed by atoms with Gasteiger partial charge in [-0.15, -0.1) is 0 Å². The summed E-state index contributed by atoms with van der Waals surface area (Å²) >= 11 is 0. The van der Waals surface area contributed by atoms with Crippen molar-refractivity contribution in [3.63, 3.8) is 0 Å². The van der Waals surface area contributed by atoms with Crippen molar-refractivity contribution in [1.29, 1.82) is 0 Å². The molecule has 0 N–H and O–H groups in total. The average molecular weight is 396 g/mol. The molecule has 2 aliphatic heterocycles. The molecular formula is C25H53N3. The van der Waals surface area contributed by atoms with E-state index in [1.54, 1.807) is 0 Å². The minimum Gasteiger partial charge on any atom is -0.303 e. The molecule has 2 saturated heterocycles. The molecule has 2 aliphatic rings. The maximum atomic E-state index is 2.78. The molecular weight excluding hydrogens is 342 g/mol. The van der Waals surface area contributed by atoms with Gasteiger partial charge >= 0.3 is 0 Å². The molecule has 0 aromatic rings. The van der Waals surface area contributed by atoms with Crippen molar-refractivity contribution in [2.75, 3.05) is 52.4 Å². The second kappa shape index (κ2) is 12.5. The van der Waals surface area contributed by atoms with Crippen LogP contribution in [0.1, 0.15) is 93.9 Å². The zero-order valence-electron chi connectivity index (χ0n) is 20.8. The lowest BCUT2D eigenvalue weighted by atomic mass is 9.67. The Morgan fingerprint density at radius 2 is 1.25 bits per heavy atom. The lowest BCUT2D eigenvalue weighted by Gasteiger charge is -2.50. The number of unbranched alkanes of at least 4 members (excludes halogenated alkanes) is 1. The number of likely N-dealkylation sites (tertiary alicyclic amines) is 1. The summed E-state index contributed by atoms with van der Waals surface area (Å²) in [5.41, 5.74) is 0.766. The molecule has 3 nitrogen and oxygen atoms in total. The molecule has 0 spiro atoms. The largest absolute Gasteiger partial charge is 0.303 e. The van der Waals surface area contributed by atoms with E-state index < -0.39 is 0 Å². The molecule has 168 valence electrons. The van der Waals surface area contributed by atoms with Gasteiger partial charge in [0, 0.05) is 31.7 Å². The van der Waals surface area contributed by atoms with Gasteiger partial charge in [0.05, 0.1) is 0 Å². The Balaban J connectivity index is 0.00000190. The van der Waals surface area contributed by atoms with E-state index in [1.165, 1.54) is 90.9 Å². The summed E-state index contributed by atoms with van der Waals surface area (Å²) < 4.78 is 0. The average Bonchev–Trinajstić information content (AvgIpc) is 2.68. The van der Waals surface area contributed by atoms with E-state index in [2.05, 4.69) is 56.2 Å². The van der Waals surface area contributed by atoms with Gasteiger partial charge in [-0.3, -0.25) is 4.90 Å². The molecule has 0 amide bonds. The zero-order valence-corrected chi connectivity index (χ0v) is 20.8. The summed E-state index contributed by atoms with van der Waals surface area (Å²) in [6.07, 6.45) is 8.09. The van der Waals surface area contributed by atoms with E-state index in [9.17, 15) is 0 Å². The predicted molar refractivity (Wildman–Crippen MR) is 126 cm³/mol. The van der Waals surface area contributed by atoms with Crippen LogP contribution in [0.5, 0.6) is 0 Å². The molecule has 0 bridgehead atoms. The molecule has 0 aromatic heterocycles. The van der Waals surface area contributed by atoms with Gasteiger partial charge in [-0.05, 0) is 83.5 Å². The van der Waals surface area contributed by atoms with E-state index in [1.807, 2.05) is 13.8 Å². The van der Waals surface area contributed by atoms with Gasteiger partial charge in [0.15, 0.2) is 0 Å². The van der Waals surface area contributed by atoms with Gasteiger partial charge in [0.1, 0.15) is 0 Å². The molecule has 0 aromatic carbocycles. The fourth-order valence-electron chi connectivity index (χ4n) is 5.58. The van der Waals surface area contributed by atoms with Gasteiger partial charge in [0.2, 0.25) is 0 Å². The van der Waals surface area contributed by atoms with Gasteiger partial charge < -0.3 is 9.80 Å². The molecule has 2 fully saturated rings. The van der Waals surface area contributed by atoms with E-state index in [4.69, 9.17) is 0 Å². The first kappa shape index (κ1) is 25.9. The SMILES string of the molecule is CC.CCCCN1CCN(C(C)(C)CC(C)(C)C2CCN(CCC)CC2)CC1. The Hall–Kier alpha value is -0.120. The lowest BCUT2D eigenvalue weighted by molar-refractivity contribution is 0.0000415. The normalized spacial score (nSPS) is 21.4. The van der Waals surface area contributed by atoms with Crippen LogP contribution in [-0.4, -0.2) is 72.6 Å². The zero-order chi connectivity index (χ0) is 21.2. The third-order valence-electron chi connectivity index (χ3n) is 7.18. The van der Waals surface area contributed by atoms with Crippen LogP contribution in [0.3, 0.4) is 0 Å². The van der Waals surface area contributed by atoms with E-state index >= 15 is 0 Å². The van der Waals surface area contributed by atoms with Gasteiger partial charge in [0.25, 0.3) is 0 Å². The molecule has 0 saturated carbocycles. The van der Waals surface area contributed by atoms with Crippen LogP contribution in [0.4, 0.5) is 0 Å². The topological polar surface area (TPSA) is 9.72 Å². The van der Waals surface area contributed by atoms with Crippen LogP contribution in [-0.2, 0) is 0 Å².